The molecule has 2 aromatic rings. The predicted octanol–water partition coefficient (Wildman–Crippen LogP) is 4.23. The summed E-state index contributed by atoms with van der Waals surface area (Å²) in [7, 11) is 1.43. The van der Waals surface area contributed by atoms with E-state index in [0.29, 0.717) is 49.5 Å². The monoisotopic (exact) mass is 528 g/mol. The van der Waals surface area contributed by atoms with Crippen molar-refractivity contribution in [2.75, 3.05) is 39.1 Å². The van der Waals surface area contributed by atoms with Crippen LogP contribution < -0.4 is 21.5 Å². The third kappa shape index (κ3) is 6.94. The van der Waals surface area contributed by atoms with Gasteiger partial charge in [0.25, 0.3) is 5.91 Å². The zero-order chi connectivity index (χ0) is 26.5. The highest BCUT2D eigenvalue weighted by Crippen LogP contribution is 2.33. The standard InChI is InChI=1S/C24H28ClF3N4O4/c1-35-21-11-19(29)18(25)10-17(21)22(33)31-12-14-6-8-32(9-7-14)20(13-36-23(30)34)15-2-4-16(5-3-15)24(26,27)28/h2-5,10-11,14,20H,6-9,12-13,29H2,1H3,(H2,30,34)(H,31,33). The van der Waals surface area contributed by atoms with Gasteiger partial charge in [0, 0.05) is 12.6 Å². The van der Waals surface area contributed by atoms with Crippen molar-refractivity contribution in [1.29, 1.82) is 0 Å². The molecule has 196 valence electrons. The zero-order valence-electron chi connectivity index (χ0n) is 19.6. The van der Waals surface area contributed by atoms with Crippen molar-refractivity contribution >= 4 is 29.3 Å². The number of carbonyl (C=O) groups excluding carboxylic acids is 2. The Labute approximate surface area is 211 Å². The Morgan fingerprint density at radius 1 is 1.19 bits per heavy atom. The molecule has 0 aliphatic carbocycles. The fourth-order valence-electron chi connectivity index (χ4n) is 4.18. The van der Waals surface area contributed by atoms with Gasteiger partial charge in [0.15, 0.2) is 0 Å². The van der Waals surface area contributed by atoms with Crippen molar-refractivity contribution in [3.63, 3.8) is 0 Å². The van der Waals surface area contributed by atoms with Gasteiger partial charge in [-0.05, 0) is 55.6 Å². The average Bonchev–Trinajstić information content (AvgIpc) is 2.84. The number of ether oxygens (including phenoxy) is 2. The molecule has 0 saturated carbocycles. The number of benzene rings is 2. The molecule has 1 aliphatic heterocycles. The summed E-state index contributed by atoms with van der Waals surface area (Å²) < 4.78 is 49.1. The Morgan fingerprint density at radius 2 is 1.83 bits per heavy atom. The van der Waals surface area contributed by atoms with Gasteiger partial charge in [0.05, 0.1) is 35.0 Å². The molecular formula is C24H28ClF3N4O4. The van der Waals surface area contributed by atoms with Crippen molar-refractivity contribution in [3.05, 3.63) is 58.1 Å². The maximum absolute atomic E-state index is 12.9. The smallest absolute Gasteiger partial charge is 0.416 e. The van der Waals surface area contributed by atoms with Gasteiger partial charge >= 0.3 is 12.3 Å². The van der Waals surface area contributed by atoms with Crippen LogP contribution in [0.3, 0.4) is 0 Å². The highest BCUT2D eigenvalue weighted by Gasteiger charge is 2.32. The lowest BCUT2D eigenvalue weighted by Crippen LogP contribution is -2.42. The molecular weight excluding hydrogens is 501 g/mol. The van der Waals surface area contributed by atoms with E-state index in [1.807, 2.05) is 4.90 Å². The Bertz CT molecular complexity index is 1070. The number of methoxy groups -OCH3 is 1. The van der Waals surface area contributed by atoms with Crippen molar-refractivity contribution in [2.24, 2.45) is 11.7 Å². The molecule has 0 radical (unpaired) electrons. The van der Waals surface area contributed by atoms with E-state index in [0.717, 1.165) is 12.1 Å². The number of carbonyl (C=O) groups is 2. The first-order chi connectivity index (χ1) is 17.0. The first-order valence-electron chi connectivity index (χ1n) is 11.2. The van der Waals surface area contributed by atoms with Crippen molar-refractivity contribution in [1.82, 2.24) is 10.2 Å². The van der Waals surface area contributed by atoms with Crippen LogP contribution in [0.15, 0.2) is 36.4 Å². The minimum Gasteiger partial charge on any atom is -0.496 e. The van der Waals surface area contributed by atoms with Crippen LogP contribution in [0.4, 0.5) is 23.7 Å². The molecule has 8 nitrogen and oxygen atoms in total. The van der Waals surface area contributed by atoms with Crippen LogP contribution in [-0.2, 0) is 10.9 Å². The number of rotatable bonds is 8. The molecule has 1 atom stereocenters. The SMILES string of the molecule is COc1cc(N)c(Cl)cc1C(=O)NCC1CCN(C(COC(N)=O)c2ccc(C(F)(F)F)cc2)CC1. The molecule has 5 N–H and O–H groups in total. The zero-order valence-corrected chi connectivity index (χ0v) is 20.4. The second-order valence-electron chi connectivity index (χ2n) is 8.53. The maximum atomic E-state index is 12.9. The van der Waals surface area contributed by atoms with Crippen LogP contribution in [0.1, 0.15) is 40.4 Å². The molecule has 2 aromatic carbocycles. The van der Waals surface area contributed by atoms with Gasteiger partial charge in [-0.25, -0.2) is 4.79 Å². The molecule has 0 spiro atoms. The van der Waals surface area contributed by atoms with E-state index in [1.54, 1.807) is 0 Å². The molecule has 12 heteroatoms. The molecule has 1 fully saturated rings. The fourth-order valence-corrected chi connectivity index (χ4v) is 4.35. The first kappa shape index (κ1) is 27.4. The second-order valence-corrected chi connectivity index (χ2v) is 8.94. The topological polar surface area (TPSA) is 120 Å². The number of primary amides is 1. The van der Waals surface area contributed by atoms with Gasteiger partial charge in [-0.1, -0.05) is 23.7 Å². The summed E-state index contributed by atoms with van der Waals surface area (Å²) in [6, 6.07) is 7.28. The highest BCUT2D eigenvalue weighted by molar-refractivity contribution is 6.33. The highest BCUT2D eigenvalue weighted by atomic mass is 35.5. The number of amides is 2. The quantitative estimate of drug-likeness (QED) is 0.441. The van der Waals surface area contributed by atoms with Crippen LogP contribution in [0.25, 0.3) is 0 Å². The average molecular weight is 529 g/mol. The molecule has 3 rings (SSSR count). The molecule has 0 aromatic heterocycles. The largest absolute Gasteiger partial charge is 0.496 e. The number of alkyl halides is 3. The van der Waals surface area contributed by atoms with Crippen LogP contribution in [-0.4, -0.2) is 50.3 Å². The molecule has 1 unspecified atom stereocenters. The van der Waals surface area contributed by atoms with Crippen LogP contribution >= 0.6 is 11.6 Å². The van der Waals surface area contributed by atoms with Crippen LogP contribution in [0, 0.1) is 5.92 Å². The van der Waals surface area contributed by atoms with Gasteiger partial charge in [0.1, 0.15) is 12.4 Å². The van der Waals surface area contributed by atoms with E-state index < -0.39 is 23.9 Å². The van der Waals surface area contributed by atoms with E-state index in [4.69, 9.17) is 32.5 Å². The van der Waals surface area contributed by atoms with Gasteiger partial charge < -0.3 is 26.3 Å². The van der Waals surface area contributed by atoms with Gasteiger partial charge in [-0.2, -0.15) is 13.2 Å². The van der Waals surface area contributed by atoms with Gasteiger partial charge in [0.2, 0.25) is 0 Å². The van der Waals surface area contributed by atoms with Crippen LogP contribution in [0.5, 0.6) is 5.75 Å². The number of nitrogen functional groups attached to an aromatic ring is 1. The number of anilines is 1. The predicted molar refractivity (Wildman–Crippen MR) is 129 cm³/mol. The Kier molecular flexibility index (Phi) is 8.91. The molecule has 2 amide bonds. The summed E-state index contributed by atoms with van der Waals surface area (Å²) in [5, 5.41) is 3.15. The van der Waals surface area contributed by atoms with Gasteiger partial charge in [-0.15, -0.1) is 0 Å². The molecule has 36 heavy (non-hydrogen) atoms. The Balaban J connectivity index is 1.61. The number of nitrogens with one attached hydrogen (secondary N) is 1. The summed E-state index contributed by atoms with van der Waals surface area (Å²) in [4.78, 5) is 25.9. The van der Waals surface area contributed by atoms with E-state index in [9.17, 15) is 22.8 Å². The first-order valence-corrected chi connectivity index (χ1v) is 11.6. The number of nitrogens with zero attached hydrogens (tertiary/aromatic N) is 1. The minimum atomic E-state index is -4.44. The molecule has 1 heterocycles. The van der Waals surface area contributed by atoms with E-state index in [2.05, 4.69) is 5.32 Å². The lowest BCUT2D eigenvalue weighted by Gasteiger charge is -2.37. The van der Waals surface area contributed by atoms with E-state index >= 15 is 0 Å². The van der Waals surface area contributed by atoms with Crippen LogP contribution in [0.2, 0.25) is 5.02 Å². The number of hydrogen-bond donors (Lipinski definition) is 3. The fraction of sp³-hybridized carbons (Fsp3) is 0.417. The number of halogens is 4. The Morgan fingerprint density at radius 3 is 2.39 bits per heavy atom. The number of hydrogen-bond acceptors (Lipinski definition) is 6. The lowest BCUT2D eigenvalue weighted by molar-refractivity contribution is -0.137. The van der Waals surface area contributed by atoms with Crippen molar-refractivity contribution in [3.8, 4) is 5.75 Å². The van der Waals surface area contributed by atoms with E-state index in [1.165, 1.54) is 31.4 Å². The number of likely N-dealkylation sites (tertiary alicyclic amines) is 1. The van der Waals surface area contributed by atoms with Crippen molar-refractivity contribution in [2.45, 2.75) is 25.1 Å². The lowest BCUT2D eigenvalue weighted by atomic mass is 9.94. The minimum absolute atomic E-state index is 0.0835. The summed E-state index contributed by atoms with van der Waals surface area (Å²) in [6.07, 6.45) is -3.97. The summed E-state index contributed by atoms with van der Waals surface area (Å²) in [6.45, 7) is 1.51. The third-order valence-electron chi connectivity index (χ3n) is 6.21. The second kappa shape index (κ2) is 11.7. The maximum Gasteiger partial charge on any atom is 0.416 e. The molecule has 1 saturated heterocycles. The summed E-state index contributed by atoms with van der Waals surface area (Å²) >= 11 is 6.05. The van der Waals surface area contributed by atoms with Crippen molar-refractivity contribution < 1.29 is 32.2 Å². The normalized spacial score (nSPS) is 15.8. The Hall–Kier alpha value is -3.18. The summed E-state index contributed by atoms with van der Waals surface area (Å²) in [5.74, 6) is 0.150. The van der Waals surface area contributed by atoms with E-state index in [-0.39, 0.29) is 29.0 Å². The number of nitrogens with two attached hydrogens (primary N) is 2. The number of piperidine rings is 1. The molecule has 1 aliphatic rings. The summed E-state index contributed by atoms with van der Waals surface area (Å²) in [5.41, 5.74) is 11.3. The molecule has 0 bridgehead atoms. The third-order valence-corrected chi connectivity index (χ3v) is 6.54. The van der Waals surface area contributed by atoms with Gasteiger partial charge in [-0.3, -0.25) is 9.69 Å².